The smallest absolute Gasteiger partial charge is 0.331 e. The van der Waals surface area contributed by atoms with Crippen LogP contribution in [-0.2, 0) is 14.4 Å². The monoisotopic (exact) mass is 783 g/mol. The standard InChI is InChI=1S/C47H65N3O7/c1-26(2)13-12-16-29(41(56)57)23-32(51)36-27(3)47(22-19-31(36)50-42(48)49)25-35(54)46(8)38-37(33(52)24-45(46,47)7)44(6)21-20-34(53)43(4,5)40(44)30(39(38)55)18-17-28-14-10-9-11-15-28/h9-11,14-15,17-19,22-23,26-27,30-32,35-36,39-40,51,54-55H,12-13,16,20-21,24-25H2,1-8H3,(H,56,57)(H4,48,49,50)/b18-17+,29-23+/t27-,30-,31+,32-,35+,36+,39-,40-,44-,45+,46+,47-/m1/s1. The molecule has 8 N–H and O–H groups in total. The van der Waals surface area contributed by atoms with Crippen LogP contribution in [0, 0.1) is 56.7 Å². The number of carboxylic acids is 1. The van der Waals surface area contributed by atoms with Gasteiger partial charge in [-0.3, -0.25) is 9.59 Å². The fourth-order valence-corrected chi connectivity index (χ4v) is 12.9. The first-order chi connectivity index (χ1) is 26.6. The number of carbonyl (C=O) groups is 3. The molecule has 12 atom stereocenters. The number of ketones is 2. The SMILES string of the molecule is CC(C)CCC/C(=C\[C@@H](O)[C@@H]1[C@@H](N=C(N)N)C=C[C@@]2(C[C@H](O)[C@@]3(C)C4=C(C(=O)C[C@]23C)[C@@]2(C)CCC(=O)C(C)(C)[C@H]2[C@H](/C=C/c2ccccc2)[C@H]4O)[C@@H]1C)C(=O)O. The highest BCUT2D eigenvalue weighted by Crippen LogP contribution is 2.77. The molecule has 10 nitrogen and oxygen atoms in total. The second-order valence-electron chi connectivity index (χ2n) is 19.6. The number of rotatable bonds is 10. The Morgan fingerprint density at radius 2 is 1.72 bits per heavy atom. The molecular weight excluding hydrogens is 719 g/mol. The van der Waals surface area contributed by atoms with Gasteiger partial charge in [-0.05, 0) is 66.1 Å². The first-order valence-electron chi connectivity index (χ1n) is 20.9. The van der Waals surface area contributed by atoms with Gasteiger partial charge >= 0.3 is 5.97 Å². The van der Waals surface area contributed by atoms with E-state index in [-0.39, 0.29) is 41.9 Å². The molecule has 5 aliphatic rings. The number of nitrogens with zero attached hydrogens (tertiary/aromatic N) is 1. The predicted molar refractivity (Wildman–Crippen MR) is 222 cm³/mol. The van der Waals surface area contributed by atoms with Crippen molar-refractivity contribution < 1.29 is 34.8 Å². The molecule has 2 saturated carbocycles. The first-order valence-corrected chi connectivity index (χ1v) is 20.9. The second-order valence-corrected chi connectivity index (χ2v) is 19.6. The number of aliphatic hydroxyl groups is 3. The maximum atomic E-state index is 15.2. The number of hydrogen-bond acceptors (Lipinski definition) is 7. The van der Waals surface area contributed by atoms with Crippen LogP contribution >= 0.6 is 0 Å². The Morgan fingerprint density at radius 3 is 2.33 bits per heavy atom. The number of fused-ring (bicyclic) bond motifs is 5. The third kappa shape index (κ3) is 6.58. The van der Waals surface area contributed by atoms with E-state index in [1.54, 1.807) is 0 Å². The van der Waals surface area contributed by atoms with Crippen LogP contribution in [0.3, 0.4) is 0 Å². The van der Waals surface area contributed by atoms with E-state index in [0.717, 1.165) is 12.0 Å². The van der Waals surface area contributed by atoms with Crippen molar-refractivity contribution in [1.82, 2.24) is 0 Å². The number of aliphatic hydroxyl groups excluding tert-OH is 3. The van der Waals surface area contributed by atoms with Crippen LogP contribution < -0.4 is 11.5 Å². The van der Waals surface area contributed by atoms with E-state index in [1.807, 2.05) is 89.3 Å². The number of guanidine groups is 1. The maximum Gasteiger partial charge on any atom is 0.331 e. The summed E-state index contributed by atoms with van der Waals surface area (Å²) >= 11 is 0. The molecule has 0 aromatic heterocycles. The number of allylic oxidation sites excluding steroid dienone is 2. The molecule has 0 unspecified atom stereocenters. The minimum atomic E-state index is -1.27. The van der Waals surface area contributed by atoms with Crippen LogP contribution in [0.2, 0.25) is 0 Å². The van der Waals surface area contributed by atoms with Crippen LogP contribution in [0.25, 0.3) is 6.08 Å². The van der Waals surface area contributed by atoms with E-state index in [0.29, 0.717) is 42.7 Å². The van der Waals surface area contributed by atoms with Crippen LogP contribution in [0.15, 0.2) is 76.3 Å². The zero-order valence-electron chi connectivity index (χ0n) is 35.0. The van der Waals surface area contributed by atoms with Crippen molar-refractivity contribution in [3.8, 4) is 0 Å². The number of carbonyl (C=O) groups excluding carboxylic acids is 2. The highest BCUT2D eigenvalue weighted by atomic mass is 16.4. The lowest BCUT2D eigenvalue weighted by molar-refractivity contribution is -0.152. The molecule has 0 radical (unpaired) electrons. The van der Waals surface area contributed by atoms with E-state index in [2.05, 4.69) is 25.8 Å². The number of hydrogen-bond donors (Lipinski definition) is 6. The van der Waals surface area contributed by atoms with Gasteiger partial charge in [-0.1, -0.05) is 116 Å². The van der Waals surface area contributed by atoms with Crippen LogP contribution in [0.1, 0.15) is 106 Å². The topological polar surface area (TPSA) is 197 Å². The van der Waals surface area contributed by atoms with Crippen molar-refractivity contribution in [2.24, 2.45) is 73.1 Å². The number of carboxylic acid groups (broad SMARTS) is 1. The zero-order valence-corrected chi connectivity index (χ0v) is 35.0. The Kier molecular flexibility index (Phi) is 11.3. The van der Waals surface area contributed by atoms with Crippen LogP contribution in [0.5, 0.6) is 0 Å². The molecule has 1 spiro atoms. The Hall–Kier alpha value is -3.86. The summed E-state index contributed by atoms with van der Waals surface area (Å²) in [6.45, 7) is 16.1. The first kappa shape index (κ1) is 42.7. The normalized spacial score (nSPS) is 39.3. The molecule has 10 heteroatoms. The van der Waals surface area contributed by atoms with Crippen LogP contribution in [-0.4, -0.2) is 68.3 Å². The van der Waals surface area contributed by atoms with E-state index < -0.39 is 75.2 Å². The summed E-state index contributed by atoms with van der Waals surface area (Å²) in [5.41, 5.74) is 9.45. The number of Topliss-reactive ketones (excluding diaryl/α,β-unsaturated/α-hetero) is 2. The third-order valence-electron chi connectivity index (χ3n) is 15.9. The van der Waals surface area contributed by atoms with Crippen molar-refractivity contribution in [2.45, 2.75) is 125 Å². The summed E-state index contributed by atoms with van der Waals surface area (Å²) in [4.78, 5) is 45.8. The lowest BCUT2D eigenvalue weighted by Crippen LogP contribution is -2.64. The fourth-order valence-electron chi connectivity index (χ4n) is 12.9. The summed E-state index contributed by atoms with van der Waals surface area (Å²) < 4.78 is 0. The summed E-state index contributed by atoms with van der Waals surface area (Å²) in [6.07, 6.45) is 8.68. The summed E-state index contributed by atoms with van der Waals surface area (Å²) in [6, 6.07) is 9.10. The number of nitrogens with two attached hydrogens (primary N) is 2. The highest BCUT2D eigenvalue weighted by Gasteiger charge is 2.76. The molecule has 1 aromatic carbocycles. The summed E-state index contributed by atoms with van der Waals surface area (Å²) in [5.74, 6) is -2.96. The highest BCUT2D eigenvalue weighted by molar-refractivity contribution is 6.01. The van der Waals surface area contributed by atoms with Crippen molar-refractivity contribution in [2.75, 3.05) is 0 Å². The van der Waals surface area contributed by atoms with Gasteiger partial charge in [-0.15, -0.1) is 0 Å². The van der Waals surface area contributed by atoms with Gasteiger partial charge in [0.1, 0.15) is 5.78 Å². The lowest BCUT2D eigenvalue weighted by Gasteiger charge is -2.65. The van der Waals surface area contributed by atoms with Gasteiger partial charge in [0.15, 0.2) is 11.7 Å². The van der Waals surface area contributed by atoms with Crippen molar-refractivity contribution >= 4 is 29.6 Å². The van der Waals surface area contributed by atoms with Gasteiger partial charge in [0, 0.05) is 57.5 Å². The van der Waals surface area contributed by atoms with E-state index in [4.69, 9.17) is 11.5 Å². The molecule has 6 rings (SSSR count). The minimum Gasteiger partial charge on any atom is -0.478 e. The van der Waals surface area contributed by atoms with Crippen molar-refractivity contribution in [3.05, 3.63) is 76.9 Å². The molecule has 0 bridgehead atoms. The largest absolute Gasteiger partial charge is 0.478 e. The van der Waals surface area contributed by atoms with Gasteiger partial charge in [0.05, 0.1) is 24.4 Å². The quantitative estimate of drug-likeness (QED) is 0.0674. The average Bonchev–Trinajstić information content (AvgIpc) is 3.29. The van der Waals surface area contributed by atoms with Gasteiger partial charge in [-0.25, -0.2) is 9.79 Å². The second kappa shape index (κ2) is 15.1. The Bertz CT molecular complexity index is 1930. The van der Waals surface area contributed by atoms with Crippen molar-refractivity contribution in [3.63, 3.8) is 0 Å². The molecule has 310 valence electrons. The maximum absolute atomic E-state index is 15.2. The van der Waals surface area contributed by atoms with Gasteiger partial charge in [-0.2, -0.15) is 0 Å². The molecule has 57 heavy (non-hydrogen) atoms. The molecule has 0 aliphatic heterocycles. The molecule has 2 fully saturated rings. The molecular formula is C47H65N3O7. The Labute approximate surface area is 338 Å². The van der Waals surface area contributed by atoms with Crippen molar-refractivity contribution in [1.29, 1.82) is 0 Å². The Balaban J connectivity index is 1.51. The van der Waals surface area contributed by atoms with Gasteiger partial charge in [0.2, 0.25) is 0 Å². The fraction of sp³-hybridized carbons (Fsp3) is 0.617. The average molecular weight is 784 g/mol. The summed E-state index contributed by atoms with van der Waals surface area (Å²) in [5, 5.41) is 47.8. The van der Waals surface area contributed by atoms with E-state index >= 15 is 4.79 Å². The Morgan fingerprint density at radius 1 is 1.05 bits per heavy atom. The van der Waals surface area contributed by atoms with Gasteiger partial charge in [0.25, 0.3) is 0 Å². The zero-order chi connectivity index (χ0) is 42.0. The predicted octanol–water partition coefficient (Wildman–Crippen LogP) is 6.40. The summed E-state index contributed by atoms with van der Waals surface area (Å²) in [7, 11) is 0. The molecule has 0 amide bonds. The van der Waals surface area contributed by atoms with Crippen LogP contribution in [0.4, 0.5) is 0 Å². The minimum absolute atomic E-state index is 0.0726. The van der Waals surface area contributed by atoms with E-state index in [9.17, 15) is 30.0 Å². The number of aliphatic imine (C=N–C) groups is 1. The van der Waals surface area contributed by atoms with E-state index in [1.165, 1.54) is 6.08 Å². The molecule has 0 heterocycles. The molecule has 1 aromatic rings. The molecule has 5 aliphatic carbocycles. The molecule has 0 saturated heterocycles. The lowest BCUT2D eigenvalue weighted by atomic mass is 9.38. The third-order valence-corrected chi connectivity index (χ3v) is 15.9. The van der Waals surface area contributed by atoms with Gasteiger partial charge < -0.3 is 31.9 Å². The number of benzene rings is 1. The number of aliphatic carboxylic acids is 1.